The summed E-state index contributed by atoms with van der Waals surface area (Å²) in [6.07, 6.45) is 3.81. The van der Waals surface area contributed by atoms with Crippen LogP contribution in [0, 0.1) is 5.82 Å². The quantitative estimate of drug-likeness (QED) is 0.430. The van der Waals surface area contributed by atoms with Crippen LogP contribution in [-0.4, -0.2) is 34.9 Å². The maximum absolute atomic E-state index is 14.8. The van der Waals surface area contributed by atoms with E-state index in [1.165, 1.54) is 10.7 Å². The first-order valence-electron chi connectivity index (χ1n) is 10.4. The van der Waals surface area contributed by atoms with Gasteiger partial charge in [0.05, 0.1) is 19.9 Å². The van der Waals surface area contributed by atoms with E-state index in [2.05, 4.69) is 15.4 Å². The number of methoxy groups -OCH3 is 2. The summed E-state index contributed by atoms with van der Waals surface area (Å²) in [6.45, 7) is 0.331. The molecule has 2 aromatic carbocycles. The predicted octanol–water partition coefficient (Wildman–Crippen LogP) is 3.92. The van der Waals surface area contributed by atoms with Gasteiger partial charge in [0.25, 0.3) is 5.91 Å². The van der Waals surface area contributed by atoms with Gasteiger partial charge in [0.1, 0.15) is 11.5 Å². The normalized spacial score (nSPS) is 11.6. The SMILES string of the molecule is COc1cc2c(cc1OC)-c1c(c(C(=O)NCc3ccncc3)nn1-c1ccccc1F)C2. The highest BCUT2D eigenvalue weighted by molar-refractivity contribution is 5.97. The van der Waals surface area contributed by atoms with Crippen LogP contribution in [0.1, 0.15) is 27.2 Å². The molecule has 2 heterocycles. The Morgan fingerprint density at radius 3 is 2.55 bits per heavy atom. The van der Waals surface area contributed by atoms with E-state index in [1.807, 2.05) is 24.3 Å². The maximum Gasteiger partial charge on any atom is 0.272 e. The van der Waals surface area contributed by atoms with Crippen molar-refractivity contribution in [1.29, 1.82) is 0 Å². The van der Waals surface area contributed by atoms with Crippen LogP contribution < -0.4 is 14.8 Å². The van der Waals surface area contributed by atoms with Crippen molar-refractivity contribution >= 4 is 5.91 Å². The molecular formula is C25H21FN4O3. The standard InChI is InChI=1S/C25H21FN4O3/c1-32-21-12-16-11-18-23(25(31)28-14-15-7-9-27-10-8-15)29-30(20-6-4-3-5-19(20)26)24(18)17(16)13-22(21)33-2/h3-10,12-13H,11,14H2,1-2H3,(H,28,31). The number of ether oxygens (including phenoxy) is 2. The number of amides is 1. The van der Waals surface area contributed by atoms with Gasteiger partial charge >= 0.3 is 0 Å². The molecule has 4 aromatic rings. The molecule has 0 aliphatic heterocycles. The van der Waals surface area contributed by atoms with Crippen molar-refractivity contribution in [3.05, 3.63) is 89.1 Å². The van der Waals surface area contributed by atoms with Gasteiger partial charge in [-0.2, -0.15) is 5.10 Å². The Bertz CT molecular complexity index is 1350. The number of fused-ring (bicyclic) bond motifs is 3. The lowest BCUT2D eigenvalue weighted by atomic mass is 10.1. The first-order valence-corrected chi connectivity index (χ1v) is 10.4. The van der Waals surface area contributed by atoms with Crippen LogP contribution in [0.2, 0.25) is 0 Å². The minimum atomic E-state index is -0.430. The second-order valence-electron chi connectivity index (χ2n) is 7.62. The molecule has 0 radical (unpaired) electrons. The molecular weight excluding hydrogens is 423 g/mol. The average molecular weight is 444 g/mol. The van der Waals surface area contributed by atoms with Crippen molar-refractivity contribution in [3.8, 4) is 28.4 Å². The van der Waals surface area contributed by atoms with Crippen molar-refractivity contribution in [3.63, 3.8) is 0 Å². The fraction of sp³-hybridized carbons (Fsp3) is 0.160. The topological polar surface area (TPSA) is 78.3 Å². The summed E-state index contributed by atoms with van der Waals surface area (Å²) >= 11 is 0. The molecule has 0 saturated carbocycles. The van der Waals surface area contributed by atoms with Crippen molar-refractivity contribution in [1.82, 2.24) is 20.1 Å². The van der Waals surface area contributed by atoms with Crippen LogP contribution in [0.4, 0.5) is 4.39 Å². The van der Waals surface area contributed by atoms with Gasteiger partial charge in [-0.25, -0.2) is 9.07 Å². The Labute approximate surface area is 189 Å². The fourth-order valence-corrected chi connectivity index (χ4v) is 4.12. The number of hydrogen-bond donors (Lipinski definition) is 1. The van der Waals surface area contributed by atoms with Crippen molar-refractivity contribution < 1.29 is 18.7 Å². The second-order valence-corrected chi connectivity index (χ2v) is 7.62. The zero-order valence-corrected chi connectivity index (χ0v) is 18.1. The Morgan fingerprint density at radius 1 is 1.09 bits per heavy atom. The lowest BCUT2D eigenvalue weighted by molar-refractivity contribution is 0.0944. The third-order valence-corrected chi connectivity index (χ3v) is 5.71. The highest BCUT2D eigenvalue weighted by Gasteiger charge is 2.33. The van der Waals surface area contributed by atoms with Gasteiger partial charge in [-0.15, -0.1) is 0 Å². The summed E-state index contributed by atoms with van der Waals surface area (Å²) in [6, 6.07) is 13.8. The van der Waals surface area contributed by atoms with Crippen LogP contribution in [0.5, 0.6) is 11.5 Å². The van der Waals surface area contributed by atoms with E-state index in [1.54, 1.807) is 44.8 Å². The number of benzene rings is 2. The molecule has 1 N–H and O–H groups in total. The molecule has 0 spiro atoms. The van der Waals surface area contributed by atoms with Gasteiger partial charge in [-0.05, 0) is 47.5 Å². The Balaban J connectivity index is 1.61. The smallest absolute Gasteiger partial charge is 0.272 e. The Morgan fingerprint density at radius 2 is 1.82 bits per heavy atom. The molecule has 0 fully saturated rings. The van der Waals surface area contributed by atoms with Gasteiger partial charge in [0.2, 0.25) is 0 Å². The Hall–Kier alpha value is -4.20. The molecule has 1 aliphatic rings. The van der Waals surface area contributed by atoms with Crippen LogP contribution in [0.25, 0.3) is 16.9 Å². The molecule has 5 rings (SSSR count). The molecule has 0 atom stereocenters. The number of aromatic nitrogens is 3. The molecule has 0 unspecified atom stereocenters. The van der Waals surface area contributed by atoms with Gasteiger partial charge in [-0.1, -0.05) is 12.1 Å². The highest BCUT2D eigenvalue weighted by atomic mass is 19.1. The lowest BCUT2D eigenvalue weighted by Gasteiger charge is -2.12. The largest absolute Gasteiger partial charge is 0.493 e. The number of para-hydroxylation sites is 1. The first kappa shape index (κ1) is 20.7. The molecule has 1 aliphatic carbocycles. The van der Waals surface area contributed by atoms with Crippen molar-refractivity contribution in [2.24, 2.45) is 0 Å². The van der Waals surface area contributed by atoms with E-state index < -0.39 is 5.82 Å². The number of halogens is 1. The number of carbonyl (C=O) groups is 1. The van der Waals surface area contributed by atoms with Gasteiger partial charge < -0.3 is 14.8 Å². The zero-order valence-electron chi connectivity index (χ0n) is 18.1. The number of nitrogens with zero attached hydrogens (tertiary/aromatic N) is 3. The molecule has 0 bridgehead atoms. The maximum atomic E-state index is 14.8. The van der Waals surface area contributed by atoms with E-state index in [4.69, 9.17) is 9.47 Å². The van der Waals surface area contributed by atoms with Crippen LogP contribution in [0.15, 0.2) is 60.9 Å². The monoisotopic (exact) mass is 444 g/mol. The number of nitrogens with one attached hydrogen (secondary N) is 1. The van der Waals surface area contributed by atoms with Crippen molar-refractivity contribution in [2.75, 3.05) is 14.2 Å². The minimum absolute atomic E-state index is 0.261. The Kier molecular flexibility index (Phi) is 5.26. The molecule has 2 aromatic heterocycles. The fourth-order valence-electron chi connectivity index (χ4n) is 4.12. The molecule has 166 valence electrons. The van der Waals surface area contributed by atoms with E-state index in [0.717, 1.165) is 22.3 Å². The summed E-state index contributed by atoms with van der Waals surface area (Å²) in [5.74, 6) is 0.384. The zero-order chi connectivity index (χ0) is 22.9. The number of rotatable bonds is 6. The van der Waals surface area contributed by atoms with Gasteiger partial charge in [-0.3, -0.25) is 9.78 Å². The summed E-state index contributed by atoms with van der Waals surface area (Å²) < 4.78 is 27.2. The summed E-state index contributed by atoms with van der Waals surface area (Å²) in [5, 5.41) is 7.46. The molecule has 7 nitrogen and oxygen atoms in total. The van der Waals surface area contributed by atoms with Crippen LogP contribution in [0.3, 0.4) is 0 Å². The van der Waals surface area contributed by atoms with Gasteiger partial charge in [0.15, 0.2) is 17.2 Å². The molecule has 1 amide bonds. The van der Waals surface area contributed by atoms with E-state index >= 15 is 0 Å². The summed E-state index contributed by atoms with van der Waals surface area (Å²) in [5.41, 5.74) is 4.63. The highest BCUT2D eigenvalue weighted by Crippen LogP contribution is 2.45. The summed E-state index contributed by atoms with van der Waals surface area (Å²) in [7, 11) is 3.14. The number of carbonyl (C=O) groups excluding carboxylic acids is 1. The van der Waals surface area contributed by atoms with E-state index in [0.29, 0.717) is 30.2 Å². The average Bonchev–Trinajstić information content (AvgIpc) is 3.39. The third kappa shape index (κ3) is 3.59. The van der Waals surface area contributed by atoms with Crippen LogP contribution in [-0.2, 0) is 13.0 Å². The van der Waals surface area contributed by atoms with Crippen LogP contribution >= 0.6 is 0 Å². The molecule has 8 heteroatoms. The first-order chi connectivity index (χ1) is 16.1. The number of hydrogen-bond acceptors (Lipinski definition) is 5. The van der Waals surface area contributed by atoms with Gasteiger partial charge in [0, 0.05) is 36.5 Å². The van der Waals surface area contributed by atoms with Crippen molar-refractivity contribution in [2.45, 2.75) is 13.0 Å². The van der Waals surface area contributed by atoms with E-state index in [9.17, 15) is 9.18 Å². The summed E-state index contributed by atoms with van der Waals surface area (Å²) in [4.78, 5) is 17.1. The number of pyridine rings is 1. The molecule has 0 saturated heterocycles. The second kappa shape index (κ2) is 8.38. The van der Waals surface area contributed by atoms with E-state index in [-0.39, 0.29) is 17.3 Å². The molecule has 33 heavy (non-hydrogen) atoms. The third-order valence-electron chi connectivity index (χ3n) is 5.71. The lowest BCUT2D eigenvalue weighted by Crippen LogP contribution is -2.24. The minimum Gasteiger partial charge on any atom is -0.493 e. The predicted molar refractivity (Wildman–Crippen MR) is 120 cm³/mol.